The van der Waals surface area contributed by atoms with Crippen LogP contribution in [0.15, 0.2) is 52.3 Å². The quantitative estimate of drug-likeness (QED) is 0.489. The van der Waals surface area contributed by atoms with Crippen molar-refractivity contribution in [2.45, 2.75) is 21.5 Å². The fourth-order valence-corrected chi connectivity index (χ4v) is 3.68. The highest BCUT2D eigenvalue weighted by Gasteiger charge is 2.34. The number of rotatable bonds is 4. The number of halogens is 7. The second-order valence-corrected chi connectivity index (χ2v) is 8.05. The molecule has 0 bridgehead atoms. The normalized spacial score (nSPS) is 12.9. The molecule has 0 saturated heterocycles. The van der Waals surface area contributed by atoms with Crippen LogP contribution in [0.2, 0.25) is 5.02 Å². The molecule has 0 heterocycles. The minimum absolute atomic E-state index is 0.111. The Morgan fingerprint density at radius 1 is 0.923 bits per heavy atom. The van der Waals surface area contributed by atoms with E-state index in [0.717, 1.165) is 36.4 Å². The summed E-state index contributed by atoms with van der Waals surface area (Å²) in [6.07, 6.45) is -4.85. The number of alkyl halides is 6. The van der Waals surface area contributed by atoms with Gasteiger partial charge in [-0.1, -0.05) is 11.6 Å². The molecule has 0 radical (unpaired) electrons. The van der Waals surface area contributed by atoms with Gasteiger partial charge in [0.1, 0.15) is 0 Å². The molecule has 1 N–H and O–H groups in total. The standard InChI is InChI=1S/C14H8ClF6NO2S2/c15-12-6-5-10(7-11(12)13(16,17)18)26(23,24)22-8-1-3-9(4-2-8)25-14(19,20)21/h1-7,22H. The van der Waals surface area contributed by atoms with Crippen LogP contribution in [0, 0.1) is 0 Å². The topological polar surface area (TPSA) is 46.2 Å². The molecule has 2 aromatic carbocycles. The third kappa shape index (κ3) is 5.45. The third-order valence-electron chi connectivity index (χ3n) is 2.89. The predicted molar refractivity (Wildman–Crippen MR) is 85.6 cm³/mol. The summed E-state index contributed by atoms with van der Waals surface area (Å²) >= 11 is 5.05. The van der Waals surface area contributed by atoms with E-state index in [1.807, 2.05) is 4.72 Å². The average molecular weight is 436 g/mol. The van der Waals surface area contributed by atoms with Gasteiger partial charge >= 0.3 is 11.7 Å². The van der Waals surface area contributed by atoms with E-state index in [1.165, 1.54) is 0 Å². The Kier molecular flexibility index (Phi) is 5.74. The van der Waals surface area contributed by atoms with Gasteiger partial charge in [-0.25, -0.2) is 8.42 Å². The monoisotopic (exact) mass is 435 g/mol. The lowest BCUT2D eigenvalue weighted by atomic mass is 10.2. The third-order valence-corrected chi connectivity index (χ3v) is 5.34. The van der Waals surface area contributed by atoms with Crippen LogP contribution in [-0.2, 0) is 16.2 Å². The molecule has 0 aliphatic carbocycles. The van der Waals surface area contributed by atoms with Crippen LogP contribution in [0.5, 0.6) is 0 Å². The van der Waals surface area contributed by atoms with Crippen molar-refractivity contribution >= 4 is 39.1 Å². The molecule has 2 aromatic rings. The van der Waals surface area contributed by atoms with E-state index < -0.39 is 37.2 Å². The highest BCUT2D eigenvalue weighted by Crippen LogP contribution is 2.38. The van der Waals surface area contributed by atoms with E-state index in [-0.39, 0.29) is 22.3 Å². The molecule has 0 aromatic heterocycles. The van der Waals surface area contributed by atoms with E-state index in [1.54, 1.807) is 0 Å². The molecular formula is C14H8ClF6NO2S2. The molecule has 0 fully saturated rings. The second-order valence-electron chi connectivity index (χ2n) is 4.82. The second kappa shape index (κ2) is 7.20. The van der Waals surface area contributed by atoms with Crippen molar-refractivity contribution in [1.29, 1.82) is 0 Å². The molecule has 0 unspecified atom stereocenters. The first kappa shape index (κ1) is 20.7. The van der Waals surface area contributed by atoms with E-state index in [0.29, 0.717) is 6.07 Å². The van der Waals surface area contributed by atoms with E-state index >= 15 is 0 Å². The van der Waals surface area contributed by atoms with Gasteiger partial charge in [0.2, 0.25) is 0 Å². The minimum atomic E-state index is -4.85. The van der Waals surface area contributed by atoms with Gasteiger partial charge in [0, 0.05) is 10.6 Å². The Morgan fingerprint density at radius 3 is 2.00 bits per heavy atom. The van der Waals surface area contributed by atoms with Gasteiger partial charge < -0.3 is 0 Å². The molecular weight excluding hydrogens is 428 g/mol. The summed E-state index contributed by atoms with van der Waals surface area (Å²) in [6.45, 7) is 0. The highest BCUT2D eigenvalue weighted by molar-refractivity contribution is 8.00. The Labute approximate surface area is 153 Å². The number of nitrogens with one attached hydrogen (secondary N) is 1. The first-order valence-corrected chi connectivity index (χ1v) is 9.21. The Balaban J connectivity index is 2.26. The van der Waals surface area contributed by atoms with Gasteiger partial charge in [0.25, 0.3) is 10.0 Å². The zero-order chi connectivity index (χ0) is 19.8. The van der Waals surface area contributed by atoms with Crippen LogP contribution in [0.4, 0.5) is 32.0 Å². The van der Waals surface area contributed by atoms with Crippen LogP contribution in [0.3, 0.4) is 0 Å². The van der Waals surface area contributed by atoms with E-state index in [2.05, 4.69) is 0 Å². The zero-order valence-corrected chi connectivity index (χ0v) is 14.7. The lowest BCUT2D eigenvalue weighted by Gasteiger charge is -2.13. The molecule has 0 aliphatic rings. The average Bonchev–Trinajstić information content (AvgIpc) is 2.46. The lowest BCUT2D eigenvalue weighted by Crippen LogP contribution is -2.15. The van der Waals surface area contributed by atoms with Crippen molar-refractivity contribution in [2.75, 3.05) is 4.72 Å². The van der Waals surface area contributed by atoms with Gasteiger partial charge in [0.05, 0.1) is 15.5 Å². The summed E-state index contributed by atoms with van der Waals surface area (Å²) in [5.74, 6) is 0. The number of hydrogen-bond donors (Lipinski definition) is 1. The van der Waals surface area contributed by atoms with Crippen molar-refractivity contribution in [3.05, 3.63) is 53.1 Å². The van der Waals surface area contributed by atoms with Crippen molar-refractivity contribution < 1.29 is 34.8 Å². The number of thioether (sulfide) groups is 1. The van der Waals surface area contributed by atoms with Crippen molar-refractivity contribution in [2.24, 2.45) is 0 Å². The number of hydrogen-bond acceptors (Lipinski definition) is 3. The first-order chi connectivity index (χ1) is 11.8. The van der Waals surface area contributed by atoms with Crippen LogP contribution in [-0.4, -0.2) is 13.9 Å². The maximum atomic E-state index is 12.8. The maximum absolute atomic E-state index is 12.8. The van der Waals surface area contributed by atoms with Crippen LogP contribution in [0.1, 0.15) is 5.56 Å². The van der Waals surface area contributed by atoms with Gasteiger partial charge in [0.15, 0.2) is 0 Å². The molecule has 3 nitrogen and oxygen atoms in total. The maximum Gasteiger partial charge on any atom is 0.446 e. The minimum Gasteiger partial charge on any atom is -0.280 e. The van der Waals surface area contributed by atoms with Gasteiger partial charge in [-0.05, 0) is 54.2 Å². The Hall–Kier alpha value is -1.59. The first-order valence-electron chi connectivity index (χ1n) is 6.53. The van der Waals surface area contributed by atoms with Gasteiger partial charge in [-0.15, -0.1) is 0 Å². The number of anilines is 1. The van der Waals surface area contributed by atoms with Crippen LogP contribution in [0.25, 0.3) is 0 Å². The summed E-state index contributed by atoms with van der Waals surface area (Å²) in [4.78, 5) is -0.866. The van der Waals surface area contributed by atoms with Gasteiger partial charge in [-0.3, -0.25) is 4.72 Å². The molecule has 0 spiro atoms. The number of benzene rings is 2. The van der Waals surface area contributed by atoms with Crippen molar-refractivity contribution in [3.63, 3.8) is 0 Å². The number of sulfonamides is 1. The molecule has 0 aliphatic heterocycles. The Bertz CT molecular complexity index is 895. The fraction of sp³-hybridized carbons (Fsp3) is 0.143. The summed E-state index contributed by atoms with van der Waals surface area (Å²) in [6, 6.07) is 6.23. The van der Waals surface area contributed by atoms with Crippen LogP contribution < -0.4 is 4.72 Å². The van der Waals surface area contributed by atoms with Crippen molar-refractivity contribution in [3.8, 4) is 0 Å². The molecule has 0 amide bonds. The highest BCUT2D eigenvalue weighted by atomic mass is 35.5. The van der Waals surface area contributed by atoms with E-state index in [4.69, 9.17) is 11.6 Å². The summed E-state index contributed by atoms with van der Waals surface area (Å²) in [7, 11) is -4.40. The molecule has 142 valence electrons. The zero-order valence-electron chi connectivity index (χ0n) is 12.3. The van der Waals surface area contributed by atoms with E-state index in [9.17, 15) is 34.8 Å². The van der Waals surface area contributed by atoms with Gasteiger partial charge in [-0.2, -0.15) is 26.3 Å². The fourth-order valence-electron chi connectivity index (χ4n) is 1.83. The summed E-state index contributed by atoms with van der Waals surface area (Å²) < 4.78 is 102. The summed E-state index contributed by atoms with van der Waals surface area (Å²) in [5.41, 5.74) is -5.93. The summed E-state index contributed by atoms with van der Waals surface area (Å²) in [5, 5.41) is -0.662. The Morgan fingerprint density at radius 2 is 1.50 bits per heavy atom. The molecule has 0 atom stereocenters. The predicted octanol–water partition coefficient (Wildman–Crippen LogP) is 5.77. The molecule has 2 rings (SSSR count). The molecule has 26 heavy (non-hydrogen) atoms. The molecule has 0 saturated carbocycles. The SMILES string of the molecule is O=S(=O)(Nc1ccc(SC(F)(F)F)cc1)c1ccc(Cl)c(C(F)(F)F)c1. The largest absolute Gasteiger partial charge is 0.446 e. The van der Waals surface area contributed by atoms with Crippen molar-refractivity contribution in [1.82, 2.24) is 0 Å². The smallest absolute Gasteiger partial charge is 0.280 e. The van der Waals surface area contributed by atoms with Crippen LogP contribution >= 0.6 is 23.4 Å². The molecule has 12 heteroatoms. The lowest BCUT2D eigenvalue weighted by molar-refractivity contribution is -0.137.